The van der Waals surface area contributed by atoms with Crippen LogP contribution in [0.25, 0.3) is 0 Å². The van der Waals surface area contributed by atoms with Crippen molar-refractivity contribution in [3.63, 3.8) is 0 Å². The van der Waals surface area contributed by atoms with Gasteiger partial charge in [-0.2, -0.15) is 0 Å². The Balaban J connectivity index is 1.98. The van der Waals surface area contributed by atoms with Gasteiger partial charge in [0.15, 0.2) is 11.5 Å². The van der Waals surface area contributed by atoms with Crippen LogP contribution in [0.4, 0.5) is 11.4 Å². The molecule has 114 valence electrons. The number of ether oxygens (including phenoxy) is 1. The molecule has 0 saturated carbocycles. The molecule has 22 heavy (non-hydrogen) atoms. The monoisotopic (exact) mass is 295 g/mol. The van der Waals surface area contributed by atoms with Crippen LogP contribution in [0.2, 0.25) is 0 Å². The molecule has 4 nitrogen and oxygen atoms in total. The van der Waals surface area contributed by atoms with E-state index in [2.05, 4.69) is 18.7 Å². The molecule has 0 spiro atoms. The van der Waals surface area contributed by atoms with E-state index in [1.54, 1.807) is 0 Å². The lowest BCUT2D eigenvalue weighted by atomic mass is 10.1. The van der Waals surface area contributed by atoms with Gasteiger partial charge in [0.05, 0.1) is 11.4 Å². The first-order chi connectivity index (χ1) is 10.7. The summed E-state index contributed by atoms with van der Waals surface area (Å²) in [6.45, 7) is 5.79. The normalized spacial score (nSPS) is 12.2. The molecule has 4 heteroatoms. The number of nitrogens with one attached hydrogen (secondary N) is 1. The number of rotatable bonds is 3. The molecule has 1 heterocycles. The lowest BCUT2D eigenvalue weighted by Gasteiger charge is -2.30. The van der Waals surface area contributed by atoms with Crippen molar-refractivity contribution >= 4 is 17.2 Å². The summed E-state index contributed by atoms with van der Waals surface area (Å²) >= 11 is 0. The smallest absolute Gasteiger partial charge is 0.151 e. The lowest BCUT2D eigenvalue weighted by molar-refractivity contribution is 0.461. The zero-order valence-electron chi connectivity index (χ0n) is 13.3. The third-order valence-corrected chi connectivity index (χ3v) is 4.12. The third-order valence-electron chi connectivity index (χ3n) is 4.12. The summed E-state index contributed by atoms with van der Waals surface area (Å²) < 4.78 is 6.03. The van der Waals surface area contributed by atoms with Crippen LogP contribution >= 0.6 is 0 Å². The van der Waals surface area contributed by atoms with Gasteiger partial charge in [-0.15, -0.1) is 0 Å². The zero-order chi connectivity index (χ0) is 15.7. The van der Waals surface area contributed by atoms with Gasteiger partial charge in [0, 0.05) is 25.7 Å². The highest BCUT2D eigenvalue weighted by atomic mass is 16.5. The van der Waals surface area contributed by atoms with Crippen molar-refractivity contribution in [2.75, 3.05) is 25.0 Å². The first-order valence-electron chi connectivity index (χ1n) is 7.64. The van der Waals surface area contributed by atoms with Gasteiger partial charge >= 0.3 is 0 Å². The molecular weight excluding hydrogens is 274 g/mol. The molecule has 0 bridgehead atoms. The molecule has 2 aromatic rings. The Hall–Kier alpha value is -2.49. The highest BCUT2D eigenvalue weighted by molar-refractivity contribution is 5.97. The molecule has 0 unspecified atom stereocenters. The van der Waals surface area contributed by atoms with Gasteiger partial charge in [-0.05, 0) is 44.2 Å². The van der Waals surface area contributed by atoms with Crippen molar-refractivity contribution in [1.29, 1.82) is 5.41 Å². The van der Waals surface area contributed by atoms with Gasteiger partial charge in [-0.1, -0.05) is 12.1 Å². The molecule has 1 aliphatic rings. The molecule has 0 saturated heterocycles. The molecule has 0 amide bonds. The first-order valence-corrected chi connectivity index (χ1v) is 7.64. The number of hydrogen-bond donors (Lipinski definition) is 1. The predicted octanol–water partition coefficient (Wildman–Crippen LogP) is 4.23. The van der Waals surface area contributed by atoms with Crippen LogP contribution in [0.3, 0.4) is 0 Å². The number of nitrogens with zero attached hydrogens (tertiary/aromatic N) is 2. The second-order valence-corrected chi connectivity index (χ2v) is 5.33. The Morgan fingerprint density at radius 2 is 1.73 bits per heavy atom. The fourth-order valence-electron chi connectivity index (χ4n) is 2.81. The van der Waals surface area contributed by atoms with Gasteiger partial charge in [-0.25, -0.2) is 0 Å². The van der Waals surface area contributed by atoms with E-state index in [0.717, 1.165) is 41.5 Å². The van der Waals surface area contributed by atoms with Gasteiger partial charge in [-0.3, -0.25) is 5.41 Å². The predicted molar refractivity (Wildman–Crippen MR) is 90.8 cm³/mol. The van der Waals surface area contributed by atoms with E-state index in [9.17, 15) is 0 Å². The molecule has 0 atom stereocenters. The van der Waals surface area contributed by atoms with Gasteiger partial charge in [0.2, 0.25) is 0 Å². The fourth-order valence-corrected chi connectivity index (χ4v) is 2.81. The minimum Gasteiger partial charge on any atom is -0.453 e. The van der Waals surface area contributed by atoms with Crippen LogP contribution in [0.15, 0.2) is 42.5 Å². The molecule has 3 rings (SSSR count). The number of para-hydroxylation sites is 2. The third kappa shape index (κ3) is 2.30. The second kappa shape index (κ2) is 5.72. The number of amidine groups is 1. The number of benzene rings is 2. The first kappa shape index (κ1) is 14.4. The summed E-state index contributed by atoms with van der Waals surface area (Å²) in [5, 5.41) is 8.36. The Kier molecular flexibility index (Phi) is 3.75. The fraction of sp³-hybridized carbons (Fsp3) is 0.278. The van der Waals surface area contributed by atoms with Crippen LogP contribution in [0, 0.1) is 5.41 Å². The van der Waals surface area contributed by atoms with E-state index in [1.165, 1.54) is 0 Å². The highest BCUT2D eigenvalue weighted by Crippen LogP contribution is 2.45. The maximum absolute atomic E-state index is 8.36. The standard InChI is InChI=1S/C18H21N3O/c1-4-21(5-2)18(19)13-10-11-15-17(12-13)22-16-9-7-6-8-14(16)20(15)3/h6-12,19H,4-5H2,1-3H3. The molecule has 1 aliphatic heterocycles. The molecule has 0 aliphatic carbocycles. The minimum absolute atomic E-state index is 0.540. The van der Waals surface area contributed by atoms with E-state index in [0.29, 0.717) is 5.84 Å². The van der Waals surface area contributed by atoms with Crippen molar-refractivity contribution in [2.24, 2.45) is 0 Å². The van der Waals surface area contributed by atoms with Crippen molar-refractivity contribution in [2.45, 2.75) is 13.8 Å². The van der Waals surface area contributed by atoms with Crippen molar-refractivity contribution in [3.05, 3.63) is 48.0 Å². The highest BCUT2D eigenvalue weighted by Gasteiger charge is 2.22. The molecule has 2 aromatic carbocycles. The molecular formula is C18H21N3O. The Labute approximate surface area is 131 Å². The minimum atomic E-state index is 0.540. The second-order valence-electron chi connectivity index (χ2n) is 5.33. The van der Waals surface area contributed by atoms with Crippen LogP contribution < -0.4 is 9.64 Å². The van der Waals surface area contributed by atoms with Crippen LogP contribution in [0.5, 0.6) is 11.5 Å². The number of hydrogen-bond acceptors (Lipinski definition) is 3. The largest absolute Gasteiger partial charge is 0.453 e. The topological polar surface area (TPSA) is 39.6 Å². The summed E-state index contributed by atoms with van der Waals surface area (Å²) in [4.78, 5) is 4.15. The lowest BCUT2D eigenvalue weighted by Crippen LogP contribution is -2.30. The SMILES string of the molecule is CCN(CC)C(=N)c1ccc2c(c1)Oc1ccccc1N2C. The summed E-state index contributed by atoms with van der Waals surface area (Å²) in [6, 6.07) is 14.0. The zero-order valence-corrected chi connectivity index (χ0v) is 13.3. The van der Waals surface area contributed by atoms with Crippen LogP contribution in [-0.4, -0.2) is 30.9 Å². The van der Waals surface area contributed by atoms with E-state index in [4.69, 9.17) is 10.1 Å². The molecule has 0 fully saturated rings. The summed E-state index contributed by atoms with van der Waals surface area (Å²) in [5.41, 5.74) is 2.96. The molecule has 0 aromatic heterocycles. The van der Waals surface area contributed by atoms with Crippen LogP contribution in [-0.2, 0) is 0 Å². The van der Waals surface area contributed by atoms with Crippen molar-refractivity contribution < 1.29 is 4.74 Å². The van der Waals surface area contributed by atoms with Gasteiger partial charge in [0.25, 0.3) is 0 Å². The maximum Gasteiger partial charge on any atom is 0.151 e. The van der Waals surface area contributed by atoms with E-state index >= 15 is 0 Å². The van der Waals surface area contributed by atoms with Crippen molar-refractivity contribution in [3.8, 4) is 11.5 Å². The average molecular weight is 295 g/mol. The quantitative estimate of drug-likeness (QED) is 0.680. The summed E-state index contributed by atoms with van der Waals surface area (Å²) in [6.07, 6.45) is 0. The van der Waals surface area contributed by atoms with E-state index < -0.39 is 0 Å². The van der Waals surface area contributed by atoms with Gasteiger partial charge < -0.3 is 14.5 Å². The summed E-state index contributed by atoms with van der Waals surface area (Å²) in [5.74, 6) is 2.19. The molecule has 1 N–H and O–H groups in total. The Morgan fingerprint density at radius 3 is 2.45 bits per heavy atom. The Morgan fingerprint density at radius 1 is 1.05 bits per heavy atom. The maximum atomic E-state index is 8.36. The van der Waals surface area contributed by atoms with E-state index in [1.807, 2.05) is 54.4 Å². The van der Waals surface area contributed by atoms with Crippen molar-refractivity contribution in [1.82, 2.24) is 4.90 Å². The van der Waals surface area contributed by atoms with E-state index in [-0.39, 0.29) is 0 Å². The number of anilines is 2. The van der Waals surface area contributed by atoms with Gasteiger partial charge in [0.1, 0.15) is 5.84 Å². The average Bonchev–Trinajstić information content (AvgIpc) is 2.55. The van der Waals surface area contributed by atoms with Crippen LogP contribution in [0.1, 0.15) is 19.4 Å². The molecule has 0 radical (unpaired) electrons. The number of fused-ring (bicyclic) bond motifs is 2. The summed E-state index contributed by atoms with van der Waals surface area (Å²) in [7, 11) is 2.04. The Bertz CT molecular complexity index is 707.